The minimum Gasteiger partial charge on any atom is -0.388 e. The van der Waals surface area contributed by atoms with Crippen LogP contribution in [0.5, 0.6) is 0 Å². The molecule has 1 N–H and O–H groups in total. The summed E-state index contributed by atoms with van der Waals surface area (Å²) in [5.74, 6) is 0.505. The molecule has 2 aliphatic heterocycles. The summed E-state index contributed by atoms with van der Waals surface area (Å²) < 4.78 is 7.21. The van der Waals surface area contributed by atoms with Crippen molar-refractivity contribution in [1.29, 1.82) is 0 Å². The summed E-state index contributed by atoms with van der Waals surface area (Å²) in [6.45, 7) is 6.19. The summed E-state index contributed by atoms with van der Waals surface area (Å²) in [6, 6.07) is 4.13. The van der Waals surface area contributed by atoms with Crippen LogP contribution in [0.4, 0.5) is 0 Å². The van der Waals surface area contributed by atoms with Gasteiger partial charge in [-0.15, -0.1) is 0 Å². The lowest BCUT2D eigenvalue weighted by Crippen LogP contribution is -2.48. The Morgan fingerprint density at radius 3 is 2.79 bits per heavy atom. The first kappa shape index (κ1) is 16.0. The number of hydrogen-bond acceptors (Lipinski definition) is 5. The summed E-state index contributed by atoms with van der Waals surface area (Å²) in [5.41, 5.74) is 2.55. The monoisotopic (exact) mass is 330 g/mol. The molecule has 2 aromatic heterocycles. The molecular weight excluding hydrogens is 304 g/mol. The van der Waals surface area contributed by atoms with E-state index in [1.165, 1.54) is 5.69 Å². The third kappa shape index (κ3) is 3.31. The lowest BCUT2D eigenvalue weighted by molar-refractivity contribution is -0.0821. The third-order valence-electron chi connectivity index (χ3n) is 5.42. The topological polar surface area (TPSA) is 62.9 Å². The van der Waals surface area contributed by atoms with E-state index in [4.69, 9.17) is 9.72 Å². The summed E-state index contributed by atoms with van der Waals surface area (Å²) in [6.07, 6.45) is 5.73. The van der Waals surface area contributed by atoms with Crippen LogP contribution in [0, 0.1) is 6.92 Å². The van der Waals surface area contributed by atoms with Crippen LogP contribution in [0.2, 0.25) is 0 Å². The van der Waals surface area contributed by atoms with Crippen molar-refractivity contribution in [2.24, 2.45) is 0 Å². The fourth-order valence-corrected chi connectivity index (χ4v) is 3.95. The average molecular weight is 330 g/mol. The average Bonchev–Trinajstić information content (AvgIpc) is 2.95. The van der Waals surface area contributed by atoms with Gasteiger partial charge in [0.05, 0.1) is 11.3 Å². The van der Waals surface area contributed by atoms with Gasteiger partial charge in [-0.25, -0.2) is 9.50 Å². The van der Waals surface area contributed by atoms with Crippen LogP contribution < -0.4 is 0 Å². The fraction of sp³-hybridized carbons (Fsp3) is 0.667. The second kappa shape index (κ2) is 6.43. The Morgan fingerprint density at radius 1 is 1.29 bits per heavy atom. The fourth-order valence-electron chi connectivity index (χ4n) is 3.95. The first-order chi connectivity index (χ1) is 11.6. The van der Waals surface area contributed by atoms with Crippen LogP contribution in [0.25, 0.3) is 5.65 Å². The summed E-state index contributed by atoms with van der Waals surface area (Å²) in [5, 5.41) is 15.1. The molecule has 0 spiro atoms. The van der Waals surface area contributed by atoms with E-state index in [0.29, 0.717) is 19.1 Å². The minimum atomic E-state index is -0.558. The third-order valence-corrected chi connectivity index (χ3v) is 5.42. The van der Waals surface area contributed by atoms with Crippen molar-refractivity contribution in [1.82, 2.24) is 19.5 Å². The molecule has 2 fully saturated rings. The van der Waals surface area contributed by atoms with E-state index in [1.54, 1.807) is 0 Å². The highest BCUT2D eigenvalue weighted by molar-refractivity contribution is 5.39. The van der Waals surface area contributed by atoms with Gasteiger partial charge in [0.1, 0.15) is 0 Å². The largest absolute Gasteiger partial charge is 0.388 e. The first-order valence-electron chi connectivity index (χ1n) is 8.97. The molecular formula is C18H26N4O2. The van der Waals surface area contributed by atoms with Crippen LogP contribution in [-0.4, -0.2) is 63.1 Å². The Hall–Kier alpha value is -1.50. The normalized spacial score (nSPS) is 22.9. The molecule has 4 rings (SSSR count). The molecule has 24 heavy (non-hydrogen) atoms. The summed E-state index contributed by atoms with van der Waals surface area (Å²) in [7, 11) is 0. The van der Waals surface area contributed by atoms with E-state index in [1.807, 2.05) is 23.7 Å². The lowest BCUT2D eigenvalue weighted by Gasteiger charge is -2.39. The summed E-state index contributed by atoms with van der Waals surface area (Å²) in [4.78, 5) is 7.20. The maximum Gasteiger partial charge on any atom is 0.155 e. The number of nitrogens with zero attached hydrogens (tertiary/aromatic N) is 4. The molecule has 6 heteroatoms. The predicted octanol–water partition coefficient (Wildman–Crippen LogP) is 1.76. The number of piperidine rings is 1. The van der Waals surface area contributed by atoms with Gasteiger partial charge in [-0.1, -0.05) is 0 Å². The number of fused-ring (bicyclic) bond motifs is 1. The Bertz CT molecular complexity index is 700. The molecule has 130 valence electrons. The van der Waals surface area contributed by atoms with Crippen molar-refractivity contribution < 1.29 is 9.84 Å². The Balaban J connectivity index is 1.38. The molecule has 0 amide bonds. The molecule has 0 aromatic carbocycles. The maximum absolute atomic E-state index is 10.7. The van der Waals surface area contributed by atoms with Crippen LogP contribution in [-0.2, 0) is 4.74 Å². The van der Waals surface area contributed by atoms with Crippen molar-refractivity contribution in [2.45, 2.75) is 44.1 Å². The van der Waals surface area contributed by atoms with Gasteiger partial charge >= 0.3 is 0 Å². The first-order valence-corrected chi connectivity index (χ1v) is 8.97. The maximum atomic E-state index is 10.7. The van der Waals surface area contributed by atoms with E-state index >= 15 is 0 Å². The molecule has 0 bridgehead atoms. The van der Waals surface area contributed by atoms with Crippen molar-refractivity contribution in [3.63, 3.8) is 0 Å². The molecule has 0 radical (unpaired) electrons. The van der Waals surface area contributed by atoms with Crippen molar-refractivity contribution in [3.05, 3.63) is 29.7 Å². The second-order valence-electron chi connectivity index (χ2n) is 7.33. The molecule has 2 aliphatic rings. The summed E-state index contributed by atoms with van der Waals surface area (Å²) >= 11 is 0. The quantitative estimate of drug-likeness (QED) is 0.929. The number of likely N-dealkylation sites (tertiary alicyclic amines) is 1. The van der Waals surface area contributed by atoms with Crippen molar-refractivity contribution in [3.8, 4) is 0 Å². The minimum absolute atomic E-state index is 0.505. The van der Waals surface area contributed by atoms with Crippen LogP contribution >= 0.6 is 0 Å². The number of aromatic nitrogens is 3. The van der Waals surface area contributed by atoms with E-state index in [9.17, 15) is 5.11 Å². The number of aryl methyl sites for hydroxylation is 1. The molecule has 0 aliphatic carbocycles. The smallest absolute Gasteiger partial charge is 0.155 e. The van der Waals surface area contributed by atoms with Crippen LogP contribution in [0.15, 0.2) is 18.3 Å². The molecule has 6 nitrogen and oxygen atoms in total. The Kier molecular flexibility index (Phi) is 4.28. The van der Waals surface area contributed by atoms with Gasteiger partial charge in [-0.2, -0.15) is 5.10 Å². The van der Waals surface area contributed by atoms with Crippen LogP contribution in [0.3, 0.4) is 0 Å². The molecule has 2 aromatic rings. The number of ether oxygens (including phenoxy) is 1. The van der Waals surface area contributed by atoms with E-state index in [2.05, 4.69) is 16.1 Å². The number of aliphatic hydroxyl groups is 1. The lowest BCUT2D eigenvalue weighted by atomic mass is 9.90. The van der Waals surface area contributed by atoms with Gasteiger partial charge in [0.15, 0.2) is 5.65 Å². The van der Waals surface area contributed by atoms with Gasteiger partial charge in [0.25, 0.3) is 0 Å². The highest BCUT2D eigenvalue weighted by atomic mass is 16.5. The van der Waals surface area contributed by atoms with E-state index in [0.717, 1.165) is 56.7 Å². The SMILES string of the molecule is Cc1cc2nc(C3CCN(CC4(O)CCOCC4)CC3)ccn2n1. The highest BCUT2D eigenvalue weighted by Crippen LogP contribution is 2.29. The molecule has 0 atom stereocenters. The molecule has 2 saturated heterocycles. The van der Waals surface area contributed by atoms with Gasteiger partial charge < -0.3 is 14.7 Å². The highest BCUT2D eigenvalue weighted by Gasteiger charge is 2.33. The molecule has 4 heterocycles. The number of rotatable bonds is 3. The number of hydrogen-bond donors (Lipinski definition) is 1. The zero-order valence-corrected chi connectivity index (χ0v) is 14.3. The van der Waals surface area contributed by atoms with Gasteiger partial charge in [0, 0.05) is 56.5 Å². The second-order valence-corrected chi connectivity index (χ2v) is 7.33. The standard InChI is InChI=1S/C18H26N4O2/c1-14-12-17-19-16(4-9-22(17)20-14)15-2-7-21(8-3-15)13-18(23)5-10-24-11-6-18/h4,9,12,15,23H,2-3,5-8,10-11,13H2,1H3. The molecule has 0 saturated carbocycles. The molecule has 0 unspecified atom stereocenters. The van der Waals surface area contributed by atoms with Gasteiger partial charge in [-0.3, -0.25) is 0 Å². The zero-order chi connectivity index (χ0) is 16.6. The Labute approximate surface area is 142 Å². The zero-order valence-electron chi connectivity index (χ0n) is 14.3. The number of β-amino-alcohol motifs (C(OH)–C–C–N with tert-alkyl or cyclic N) is 1. The van der Waals surface area contributed by atoms with Gasteiger partial charge in [-0.05, 0) is 38.9 Å². The van der Waals surface area contributed by atoms with Crippen LogP contribution in [0.1, 0.15) is 43.0 Å². The van der Waals surface area contributed by atoms with Gasteiger partial charge in [0.2, 0.25) is 0 Å². The van der Waals surface area contributed by atoms with E-state index < -0.39 is 5.60 Å². The predicted molar refractivity (Wildman–Crippen MR) is 91.1 cm³/mol. The van der Waals surface area contributed by atoms with Crippen molar-refractivity contribution in [2.75, 3.05) is 32.8 Å². The van der Waals surface area contributed by atoms with Crippen molar-refractivity contribution >= 4 is 5.65 Å². The van der Waals surface area contributed by atoms with E-state index in [-0.39, 0.29) is 0 Å². The Morgan fingerprint density at radius 2 is 2.04 bits per heavy atom.